The predicted molar refractivity (Wildman–Crippen MR) is 69.1 cm³/mol. The normalized spacial score (nSPS) is 13.5. The third kappa shape index (κ3) is 4.73. The number of nitrogens with zero attached hydrogens (tertiary/aromatic N) is 2. The van der Waals surface area contributed by atoms with Crippen molar-refractivity contribution in [2.24, 2.45) is 11.8 Å². The van der Waals surface area contributed by atoms with Gasteiger partial charge in [-0.3, -0.25) is 9.59 Å². The van der Waals surface area contributed by atoms with Gasteiger partial charge in [0.05, 0.1) is 12.5 Å². The third-order valence-corrected chi connectivity index (χ3v) is 3.04. The van der Waals surface area contributed by atoms with Gasteiger partial charge in [-0.2, -0.15) is 18.3 Å². The highest BCUT2D eigenvalue weighted by Gasteiger charge is 2.35. The molecule has 0 bridgehead atoms. The van der Waals surface area contributed by atoms with E-state index >= 15 is 0 Å². The van der Waals surface area contributed by atoms with Crippen LogP contribution in [0.15, 0.2) is 10.9 Å². The first-order valence-corrected chi connectivity index (χ1v) is 6.47. The van der Waals surface area contributed by atoms with Crippen LogP contribution in [0.1, 0.15) is 25.8 Å². The van der Waals surface area contributed by atoms with Gasteiger partial charge in [-0.1, -0.05) is 25.4 Å². The van der Waals surface area contributed by atoms with Crippen molar-refractivity contribution in [3.8, 4) is 0 Å². The van der Waals surface area contributed by atoms with Gasteiger partial charge < -0.3 is 5.11 Å². The van der Waals surface area contributed by atoms with E-state index in [-0.39, 0.29) is 18.9 Å². The molecule has 118 valence electrons. The Morgan fingerprint density at radius 3 is 2.48 bits per heavy atom. The van der Waals surface area contributed by atoms with Crippen molar-refractivity contribution in [2.45, 2.75) is 33.0 Å². The SMILES string of the molecule is CC(C)C[C@@H](Cn1nc(Cl)c(C(F)(F)F)cc1=O)C(=O)O. The number of aromatic nitrogens is 2. The Kier molecular flexibility index (Phi) is 5.38. The molecule has 9 heteroatoms. The smallest absolute Gasteiger partial charge is 0.419 e. The van der Waals surface area contributed by atoms with Gasteiger partial charge in [-0.05, 0) is 12.3 Å². The zero-order valence-electron chi connectivity index (χ0n) is 11.3. The lowest BCUT2D eigenvalue weighted by atomic mass is 9.97. The zero-order chi connectivity index (χ0) is 16.4. The number of alkyl halides is 3. The van der Waals surface area contributed by atoms with Crippen molar-refractivity contribution in [1.29, 1.82) is 0 Å². The standard InChI is InChI=1S/C12H14ClF3N2O3/c1-6(2)3-7(11(20)21)5-18-9(19)4-8(10(13)17-18)12(14,15)16/h4,6-7H,3,5H2,1-2H3,(H,20,21)/t7-/m0/s1. The van der Waals surface area contributed by atoms with Gasteiger partial charge in [0.25, 0.3) is 5.56 Å². The van der Waals surface area contributed by atoms with E-state index in [4.69, 9.17) is 16.7 Å². The number of carboxylic acids is 1. The van der Waals surface area contributed by atoms with Gasteiger partial charge in [-0.15, -0.1) is 0 Å². The van der Waals surface area contributed by atoms with E-state index in [0.717, 1.165) is 0 Å². The highest BCUT2D eigenvalue weighted by Crippen LogP contribution is 2.32. The van der Waals surface area contributed by atoms with Gasteiger partial charge in [0.2, 0.25) is 0 Å². The van der Waals surface area contributed by atoms with E-state index in [1.54, 1.807) is 13.8 Å². The average molecular weight is 327 g/mol. The summed E-state index contributed by atoms with van der Waals surface area (Å²) in [6.45, 7) is 3.27. The molecule has 1 atom stereocenters. The maximum atomic E-state index is 12.6. The number of hydrogen-bond acceptors (Lipinski definition) is 3. The molecule has 0 aliphatic heterocycles. The van der Waals surface area contributed by atoms with Crippen LogP contribution in [0.5, 0.6) is 0 Å². The summed E-state index contributed by atoms with van der Waals surface area (Å²) in [6, 6.07) is 0.323. The topological polar surface area (TPSA) is 72.2 Å². The van der Waals surface area contributed by atoms with Crippen molar-refractivity contribution < 1.29 is 23.1 Å². The Morgan fingerprint density at radius 2 is 2.05 bits per heavy atom. The van der Waals surface area contributed by atoms with Gasteiger partial charge in [-0.25, -0.2) is 4.68 Å². The fourth-order valence-electron chi connectivity index (χ4n) is 1.83. The quantitative estimate of drug-likeness (QED) is 0.903. The Balaban J connectivity index is 3.12. The van der Waals surface area contributed by atoms with Crippen molar-refractivity contribution in [1.82, 2.24) is 9.78 Å². The minimum absolute atomic E-state index is 0.0479. The van der Waals surface area contributed by atoms with Crippen LogP contribution in [0.2, 0.25) is 5.15 Å². The number of aliphatic carboxylic acids is 1. The summed E-state index contributed by atoms with van der Waals surface area (Å²) in [5.41, 5.74) is -2.37. The summed E-state index contributed by atoms with van der Waals surface area (Å²) < 4.78 is 38.3. The van der Waals surface area contributed by atoms with Crippen molar-refractivity contribution in [2.75, 3.05) is 0 Å². The number of hydrogen-bond donors (Lipinski definition) is 1. The highest BCUT2D eigenvalue weighted by atomic mass is 35.5. The summed E-state index contributed by atoms with van der Waals surface area (Å²) in [6.07, 6.45) is -4.52. The summed E-state index contributed by atoms with van der Waals surface area (Å²) in [5.74, 6) is -2.02. The molecule has 5 nitrogen and oxygen atoms in total. The van der Waals surface area contributed by atoms with E-state index in [0.29, 0.717) is 10.7 Å². The summed E-state index contributed by atoms with van der Waals surface area (Å²) >= 11 is 5.42. The molecule has 21 heavy (non-hydrogen) atoms. The molecule has 1 aromatic rings. The van der Waals surface area contributed by atoms with Crippen molar-refractivity contribution in [3.05, 3.63) is 27.1 Å². The van der Waals surface area contributed by atoms with E-state index in [2.05, 4.69) is 5.10 Å². The monoisotopic (exact) mass is 326 g/mol. The molecule has 1 aromatic heterocycles. The molecule has 1 rings (SSSR count). The molecule has 0 radical (unpaired) electrons. The van der Waals surface area contributed by atoms with Gasteiger partial charge in [0, 0.05) is 6.07 Å². The van der Waals surface area contributed by atoms with Crippen LogP contribution in [0.25, 0.3) is 0 Å². The minimum Gasteiger partial charge on any atom is -0.481 e. The lowest BCUT2D eigenvalue weighted by Crippen LogP contribution is -2.31. The highest BCUT2D eigenvalue weighted by molar-refractivity contribution is 6.30. The maximum Gasteiger partial charge on any atom is 0.419 e. The molecule has 0 aliphatic carbocycles. The molecule has 0 amide bonds. The first-order valence-electron chi connectivity index (χ1n) is 6.10. The second kappa shape index (κ2) is 6.46. The molecular weight excluding hydrogens is 313 g/mol. The maximum absolute atomic E-state index is 12.6. The van der Waals surface area contributed by atoms with Crippen LogP contribution in [0.3, 0.4) is 0 Å². The van der Waals surface area contributed by atoms with Crippen LogP contribution < -0.4 is 5.56 Å². The van der Waals surface area contributed by atoms with Crippen LogP contribution in [0.4, 0.5) is 13.2 Å². The van der Waals surface area contributed by atoms with Crippen LogP contribution in [-0.4, -0.2) is 20.9 Å². The fourth-order valence-corrected chi connectivity index (χ4v) is 2.08. The van der Waals surface area contributed by atoms with Gasteiger partial charge in [0.15, 0.2) is 5.15 Å². The van der Waals surface area contributed by atoms with E-state index in [1.807, 2.05) is 0 Å². The summed E-state index contributed by atoms with van der Waals surface area (Å²) in [5, 5.41) is 11.5. The predicted octanol–water partition coefficient (Wildman–Crippen LogP) is 2.66. The number of carbonyl (C=O) groups is 1. The fraction of sp³-hybridized carbons (Fsp3) is 0.583. The zero-order valence-corrected chi connectivity index (χ0v) is 12.1. The number of rotatable bonds is 5. The lowest BCUT2D eigenvalue weighted by Gasteiger charge is -2.16. The lowest BCUT2D eigenvalue weighted by molar-refractivity contribution is -0.143. The first kappa shape index (κ1) is 17.5. The summed E-state index contributed by atoms with van der Waals surface area (Å²) in [7, 11) is 0. The number of carboxylic acid groups (broad SMARTS) is 1. The van der Waals surface area contributed by atoms with Crippen LogP contribution in [-0.2, 0) is 17.5 Å². The Labute approximate surface area is 123 Å². The molecule has 0 saturated heterocycles. The molecule has 0 fully saturated rings. The molecule has 1 heterocycles. The van der Waals surface area contributed by atoms with Crippen molar-refractivity contribution >= 4 is 17.6 Å². The second-order valence-electron chi connectivity index (χ2n) is 5.03. The molecule has 0 aromatic carbocycles. The first-order chi connectivity index (χ1) is 9.52. The molecular formula is C12H14ClF3N2O3. The Hall–Kier alpha value is -1.57. The molecule has 0 spiro atoms. The van der Waals surface area contributed by atoms with Gasteiger partial charge in [0.1, 0.15) is 5.56 Å². The third-order valence-electron chi connectivity index (χ3n) is 2.76. The summed E-state index contributed by atoms with van der Waals surface area (Å²) in [4.78, 5) is 22.7. The average Bonchev–Trinajstić information content (AvgIpc) is 2.30. The number of halogens is 4. The van der Waals surface area contributed by atoms with Gasteiger partial charge >= 0.3 is 12.1 Å². The van der Waals surface area contributed by atoms with Crippen molar-refractivity contribution in [3.63, 3.8) is 0 Å². The van der Waals surface area contributed by atoms with Crippen LogP contribution >= 0.6 is 11.6 Å². The van der Waals surface area contributed by atoms with E-state index in [9.17, 15) is 22.8 Å². The van der Waals surface area contributed by atoms with Crippen LogP contribution in [0, 0.1) is 11.8 Å². The molecule has 1 N–H and O–H groups in total. The van der Waals surface area contributed by atoms with E-state index < -0.39 is 34.3 Å². The largest absolute Gasteiger partial charge is 0.481 e. The molecule has 0 aliphatic rings. The Bertz CT molecular complexity index is 584. The molecule has 0 unspecified atom stereocenters. The van der Waals surface area contributed by atoms with E-state index in [1.165, 1.54) is 0 Å². The Morgan fingerprint density at radius 1 is 1.48 bits per heavy atom. The molecule has 0 saturated carbocycles. The minimum atomic E-state index is -4.79. The second-order valence-corrected chi connectivity index (χ2v) is 5.39.